The molecule has 3 aromatic rings. The molecular formula is C19H20N4O3. The second-order valence-electron chi connectivity index (χ2n) is 6.63. The van der Waals surface area contributed by atoms with Crippen molar-refractivity contribution < 1.29 is 14.1 Å². The minimum Gasteiger partial charge on any atom is -0.361 e. The van der Waals surface area contributed by atoms with Gasteiger partial charge in [-0.2, -0.15) is 0 Å². The van der Waals surface area contributed by atoms with Crippen molar-refractivity contribution in [2.45, 2.75) is 13.3 Å². The second-order valence-corrected chi connectivity index (χ2v) is 6.63. The Labute approximate surface area is 150 Å². The summed E-state index contributed by atoms with van der Waals surface area (Å²) in [5, 5.41) is 7.87. The van der Waals surface area contributed by atoms with Crippen LogP contribution in [-0.4, -0.2) is 46.5 Å². The molecule has 0 atom stereocenters. The number of nitrogens with one attached hydrogen (secondary N) is 2. The van der Waals surface area contributed by atoms with Crippen molar-refractivity contribution in [3.63, 3.8) is 0 Å². The number of fused-ring (bicyclic) bond motifs is 1. The van der Waals surface area contributed by atoms with Crippen molar-refractivity contribution >= 4 is 22.7 Å². The first-order valence-electron chi connectivity index (χ1n) is 8.67. The van der Waals surface area contributed by atoms with E-state index in [1.807, 2.05) is 24.4 Å². The fraction of sp³-hybridized carbons (Fsp3) is 0.316. The molecule has 2 aromatic heterocycles. The first kappa shape index (κ1) is 16.4. The number of hydrogen-bond acceptors (Lipinski definition) is 4. The van der Waals surface area contributed by atoms with Gasteiger partial charge in [0.2, 0.25) is 5.91 Å². The third-order valence-electron chi connectivity index (χ3n) is 4.76. The number of aryl methyl sites for hydroxylation is 1. The van der Waals surface area contributed by atoms with E-state index in [9.17, 15) is 9.59 Å². The van der Waals surface area contributed by atoms with E-state index >= 15 is 0 Å². The van der Waals surface area contributed by atoms with Crippen molar-refractivity contribution in [2.75, 3.05) is 19.6 Å². The molecule has 0 saturated carbocycles. The predicted molar refractivity (Wildman–Crippen MR) is 95.6 cm³/mol. The van der Waals surface area contributed by atoms with Gasteiger partial charge in [0.1, 0.15) is 5.76 Å². The Morgan fingerprint density at radius 3 is 2.92 bits per heavy atom. The molecule has 0 bridgehead atoms. The van der Waals surface area contributed by atoms with Crippen LogP contribution in [0.25, 0.3) is 10.9 Å². The maximum Gasteiger partial charge on any atom is 0.276 e. The van der Waals surface area contributed by atoms with Crippen LogP contribution in [-0.2, 0) is 11.2 Å². The van der Waals surface area contributed by atoms with Gasteiger partial charge in [0.15, 0.2) is 5.69 Å². The van der Waals surface area contributed by atoms with E-state index in [4.69, 9.17) is 4.52 Å². The summed E-state index contributed by atoms with van der Waals surface area (Å²) < 4.78 is 4.92. The lowest BCUT2D eigenvalue weighted by atomic mass is 9.98. The highest BCUT2D eigenvalue weighted by Gasteiger charge is 2.36. The first-order valence-corrected chi connectivity index (χ1v) is 8.67. The number of likely N-dealkylation sites (tertiary alicyclic amines) is 1. The summed E-state index contributed by atoms with van der Waals surface area (Å²) in [6.45, 7) is 3.16. The second kappa shape index (κ2) is 6.67. The number of hydrogen-bond donors (Lipinski definition) is 2. The molecule has 1 aliphatic rings. The number of aromatic amines is 1. The maximum absolute atomic E-state index is 12.2. The summed E-state index contributed by atoms with van der Waals surface area (Å²) in [6, 6.07) is 9.72. The molecule has 0 radical (unpaired) electrons. The summed E-state index contributed by atoms with van der Waals surface area (Å²) in [7, 11) is 0. The van der Waals surface area contributed by atoms with Crippen LogP contribution >= 0.6 is 0 Å². The zero-order valence-corrected chi connectivity index (χ0v) is 14.5. The topological polar surface area (TPSA) is 91.2 Å². The number of aromatic nitrogens is 2. The normalized spacial score (nSPS) is 14.4. The van der Waals surface area contributed by atoms with E-state index in [1.54, 1.807) is 17.9 Å². The van der Waals surface area contributed by atoms with Crippen molar-refractivity contribution in [3.8, 4) is 0 Å². The van der Waals surface area contributed by atoms with Gasteiger partial charge in [-0.25, -0.2) is 0 Å². The summed E-state index contributed by atoms with van der Waals surface area (Å²) in [4.78, 5) is 29.3. The van der Waals surface area contributed by atoms with Gasteiger partial charge in [0.25, 0.3) is 5.91 Å². The van der Waals surface area contributed by atoms with Crippen LogP contribution in [0.5, 0.6) is 0 Å². The van der Waals surface area contributed by atoms with Gasteiger partial charge in [-0.05, 0) is 25.0 Å². The Kier molecular flexibility index (Phi) is 4.20. The molecule has 1 saturated heterocycles. The number of rotatable bonds is 5. The van der Waals surface area contributed by atoms with Crippen molar-refractivity contribution in [2.24, 2.45) is 5.92 Å². The largest absolute Gasteiger partial charge is 0.361 e. The SMILES string of the molecule is Cc1cc(C(=O)N2CC(C(=O)NCCc3c[nH]c4ccccc34)C2)no1. The highest BCUT2D eigenvalue weighted by atomic mass is 16.5. The summed E-state index contributed by atoms with van der Waals surface area (Å²) in [5.41, 5.74) is 2.58. The Morgan fingerprint density at radius 1 is 1.35 bits per heavy atom. The molecule has 7 heteroatoms. The average molecular weight is 352 g/mol. The number of benzene rings is 1. The monoisotopic (exact) mass is 352 g/mol. The molecule has 2 amide bonds. The Hall–Kier alpha value is -3.09. The average Bonchev–Trinajstić information content (AvgIpc) is 3.20. The van der Waals surface area contributed by atoms with Crippen LogP contribution < -0.4 is 5.32 Å². The summed E-state index contributed by atoms with van der Waals surface area (Å²) in [5.74, 6) is 0.241. The number of amides is 2. The number of nitrogens with zero attached hydrogens (tertiary/aromatic N) is 2. The van der Waals surface area contributed by atoms with E-state index in [2.05, 4.69) is 21.5 Å². The van der Waals surface area contributed by atoms with Gasteiger partial charge in [0, 0.05) is 42.8 Å². The molecule has 1 fully saturated rings. The fourth-order valence-corrected chi connectivity index (χ4v) is 3.24. The minimum absolute atomic E-state index is 0.00905. The van der Waals surface area contributed by atoms with Gasteiger partial charge in [0.05, 0.1) is 5.92 Å². The predicted octanol–water partition coefficient (Wildman–Crippen LogP) is 1.90. The number of H-pyrrole nitrogens is 1. The number of carbonyl (C=O) groups excluding carboxylic acids is 2. The van der Waals surface area contributed by atoms with Crippen LogP contribution in [0.2, 0.25) is 0 Å². The molecule has 4 rings (SSSR count). The Bertz CT molecular complexity index is 953. The molecule has 0 aliphatic carbocycles. The highest BCUT2D eigenvalue weighted by Crippen LogP contribution is 2.20. The molecule has 3 heterocycles. The van der Waals surface area contributed by atoms with E-state index < -0.39 is 0 Å². The van der Waals surface area contributed by atoms with Crippen LogP contribution in [0.1, 0.15) is 21.8 Å². The van der Waals surface area contributed by atoms with E-state index in [0.717, 1.165) is 11.9 Å². The molecule has 2 N–H and O–H groups in total. The van der Waals surface area contributed by atoms with E-state index in [1.165, 1.54) is 10.9 Å². The van der Waals surface area contributed by atoms with Crippen LogP contribution in [0, 0.1) is 12.8 Å². The zero-order valence-electron chi connectivity index (χ0n) is 14.5. The van der Waals surface area contributed by atoms with Crippen molar-refractivity contribution in [1.29, 1.82) is 0 Å². The minimum atomic E-state index is -0.190. The van der Waals surface area contributed by atoms with Gasteiger partial charge in [-0.1, -0.05) is 23.4 Å². The van der Waals surface area contributed by atoms with Crippen LogP contribution in [0.3, 0.4) is 0 Å². The zero-order chi connectivity index (χ0) is 18.1. The number of para-hydroxylation sites is 1. The van der Waals surface area contributed by atoms with E-state index in [0.29, 0.717) is 31.1 Å². The third-order valence-corrected chi connectivity index (χ3v) is 4.76. The van der Waals surface area contributed by atoms with Crippen molar-refractivity contribution in [3.05, 3.63) is 53.5 Å². The van der Waals surface area contributed by atoms with Crippen LogP contribution in [0.15, 0.2) is 41.1 Å². The molecule has 0 spiro atoms. The third kappa shape index (κ3) is 3.08. The van der Waals surface area contributed by atoms with Crippen molar-refractivity contribution in [1.82, 2.24) is 20.4 Å². The smallest absolute Gasteiger partial charge is 0.276 e. The lowest BCUT2D eigenvalue weighted by molar-refractivity contribution is -0.128. The Balaban J connectivity index is 1.24. The van der Waals surface area contributed by atoms with Gasteiger partial charge >= 0.3 is 0 Å². The molecule has 26 heavy (non-hydrogen) atoms. The molecule has 0 unspecified atom stereocenters. The first-order chi connectivity index (χ1) is 12.6. The van der Waals surface area contributed by atoms with E-state index in [-0.39, 0.29) is 17.7 Å². The summed E-state index contributed by atoms with van der Waals surface area (Å²) in [6.07, 6.45) is 2.75. The van der Waals surface area contributed by atoms with Gasteiger partial charge in [-0.3, -0.25) is 9.59 Å². The molecule has 1 aliphatic heterocycles. The maximum atomic E-state index is 12.2. The quantitative estimate of drug-likeness (QED) is 0.734. The fourth-order valence-electron chi connectivity index (χ4n) is 3.24. The number of carbonyl (C=O) groups is 2. The standard InChI is InChI=1S/C19H20N4O3/c1-12-8-17(22-26-12)19(25)23-10-14(11-23)18(24)20-7-6-13-9-21-16-5-3-2-4-15(13)16/h2-5,8-9,14,21H,6-7,10-11H2,1H3,(H,20,24). The van der Waals surface area contributed by atoms with Gasteiger partial charge < -0.3 is 19.7 Å². The Morgan fingerprint density at radius 2 is 2.15 bits per heavy atom. The lowest BCUT2D eigenvalue weighted by Crippen LogP contribution is -2.55. The molecule has 7 nitrogen and oxygen atoms in total. The van der Waals surface area contributed by atoms with Crippen LogP contribution in [0.4, 0.5) is 0 Å². The highest BCUT2D eigenvalue weighted by molar-refractivity contribution is 5.94. The molecule has 1 aromatic carbocycles. The molecular weight excluding hydrogens is 332 g/mol. The molecule has 134 valence electrons. The summed E-state index contributed by atoms with van der Waals surface area (Å²) >= 11 is 0. The van der Waals surface area contributed by atoms with Gasteiger partial charge in [-0.15, -0.1) is 0 Å². The lowest BCUT2D eigenvalue weighted by Gasteiger charge is -2.37.